The van der Waals surface area contributed by atoms with E-state index in [1.165, 1.54) is 0 Å². The van der Waals surface area contributed by atoms with Crippen LogP contribution < -0.4 is 0 Å². The Bertz CT molecular complexity index is 140. The van der Waals surface area contributed by atoms with Gasteiger partial charge in [0.05, 0.1) is 5.92 Å². The number of hydrogen-bond donors (Lipinski definition) is 0. The highest BCUT2D eigenvalue weighted by atomic mass is 16.6. The number of cyclic esters (lactones) is 1. The van der Waals surface area contributed by atoms with Gasteiger partial charge in [0, 0.05) is 0 Å². The Hall–Kier alpha value is -0.530. The topological polar surface area (TPSA) is 26.3 Å². The van der Waals surface area contributed by atoms with Crippen molar-refractivity contribution >= 4 is 5.97 Å². The zero-order chi connectivity index (χ0) is 7.72. The third-order valence-corrected chi connectivity index (χ3v) is 2.00. The Morgan fingerprint density at radius 2 is 2.20 bits per heavy atom. The number of carbonyl (C=O) groups excluding carboxylic acids is 1. The largest absolute Gasteiger partial charge is 0.462 e. The molecule has 0 aliphatic carbocycles. The first-order valence-electron chi connectivity index (χ1n) is 3.81. The Morgan fingerprint density at radius 3 is 2.40 bits per heavy atom. The standard InChI is InChI=1S/C8H14O2/c1-5(2)7-4-6(3)8(9)10-7/h5-7H,4H2,1-3H3/t6-,7-/m0/s1. The molecule has 0 unspecified atom stereocenters. The van der Waals surface area contributed by atoms with Gasteiger partial charge >= 0.3 is 5.97 Å². The van der Waals surface area contributed by atoms with E-state index in [2.05, 4.69) is 13.8 Å². The number of carbonyl (C=O) groups is 1. The van der Waals surface area contributed by atoms with Crippen LogP contribution in [0.4, 0.5) is 0 Å². The van der Waals surface area contributed by atoms with Crippen LogP contribution in [0.15, 0.2) is 0 Å². The van der Waals surface area contributed by atoms with Crippen molar-refractivity contribution in [2.24, 2.45) is 11.8 Å². The van der Waals surface area contributed by atoms with Crippen molar-refractivity contribution < 1.29 is 9.53 Å². The summed E-state index contributed by atoms with van der Waals surface area (Å²) >= 11 is 0. The molecule has 1 fully saturated rings. The van der Waals surface area contributed by atoms with E-state index in [0.29, 0.717) is 5.92 Å². The van der Waals surface area contributed by atoms with Gasteiger partial charge in [0.1, 0.15) is 6.10 Å². The van der Waals surface area contributed by atoms with E-state index >= 15 is 0 Å². The second-order valence-corrected chi connectivity index (χ2v) is 3.36. The van der Waals surface area contributed by atoms with Gasteiger partial charge in [-0.25, -0.2) is 0 Å². The van der Waals surface area contributed by atoms with E-state index in [-0.39, 0.29) is 18.0 Å². The molecule has 2 heteroatoms. The van der Waals surface area contributed by atoms with Crippen LogP contribution in [-0.4, -0.2) is 12.1 Å². The highest BCUT2D eigenvalue weighted by molar-refractivity contribution is 5.74. The third kappa shape index (κ3) is 1.31. The summed E-state index contributed by atoms with van der Waals surface area (Å²) in [7, 11) is 0. The number of ether oxygens (including phenoxy) is 1. The maximum Gasteiger partial charge on any atom is 0.309 e. The van der Waals surface area contributed by atoms with Crippen molar-refractivity contribution in [2.45, 2.75) is 33.3 Å². The van der Waals surface area contributed by atoms with Gasteiger partial charge in [0.25, 0.3) is 0 Å². The second kappa shape index (κ2) is 2.60. The fourth-order valence-corrected chi connectivity index (χ4v) is 1.17. The molecule has 1 rings (SSSR count). The van der Waals surface area contributed by atoms with Gasteiger partial charge in [0.2, 0.25) is 0 Å². The summed E-state index contributed by atoms with van der Waals surface area (Å²) in [4.78, 5) is 10.9. The van der Waals surface area contributed by atoms with Crippen molar-refractivity contribution in [2.75, 3.05) is 0 Å². The first-order valence-corrected chi connectivity index (χ1v) is 3.81. The molecule has 1 saturated heterocycles. The summed E-state index contributed by atoms with van der Waals surface area (Å²) in [6.45, 7) is 6.08. The molecule has 0 aromatic rings. The molecule has 0 N–H and O–H groups in total. The van der Waals surface area contributed by atoms with Crippen molar-refractivity contribution in [1.29, 1.82) is 0 Å². The molecule has 0 radical (unpaired) electrons. The predicted octanol–water partition coefficient (Wildman–Crippen LogP) is 1.59. The maximum atomic E-state index is 10.9. The average Bonchev–Trinajstić information content (AvgIpc) is 2.13. The molecule has 58 valence electrons. The Labute approximate surface area is 61.6 Å². The average molecular weight is 142 g/mol. The number of esters is 1. The fraction of sp³-hybridized carbons (Fsp3) is 0.875. The number of hydrogen-bond acceptors (Lipinski definition) is 2. The van der Waals surface area contributed by atoms with Gasteiger partial charge in [-0.1, -0.05) is 20.8 Å². The zero-order valence-corrected chi connectivity index (χ0v) is 6.76. The van der Waals surface area contributed by atoms with Crippen molar-refractivity contribution in [3.05, 3.63) is 0 Å². The van der Waals surface area contributed by atoms with Crippen LogP contribution in [0, 0.1) is 11.8 Å². The number of rotatable bonds is 1. The van der Waals surface area contributed by atoms with E-state index in [0.717, 1.165) is 6.42 Å². The van der Waals surface area contributed by atoms with Crippen LogP contribution >= 0.6 is 0 Å². The summed E-state index contributed by atoms with van der Waals surface area (Å²) in [6, 6.07) is 0. The third-order valence-electron chi connectivity index (χ3n) is 2.00. The lowest BCUT2D eigenvalue weighted by Crippen LogP contribution is -2.13. The van der Waals surface area contributed by atoms with Crippen LogP contribution in [0.3, 0.4) is 0 Å². The van der Waals surface area contributed by atoms with Gasteiger partial charge < -0.3 is 4.74 Å². The van der Waals surface area contributed by atoms with E-state index in [4.69, 9.17) is 4.74 Å². The van der Waals surface area contributed by atoms with Gasteiger partial charge in [-0.2, -0.15) is 0 Å². The van der Waals surface area contributed by atoms with Crippen LogP contribution in [0.1, 0.15) is 27.2 Å². The molecule has 2 nitrogen and oxygen atoms in total. The molecule has 0 bridgehead atoms. The first-order chi connectivity index (χ1) is 4.61. The van der Waals surface area contributed by atoms with E-state index in [1.54, 1.807) is 0 Å². The summed E-state index contributed by atoms with van der Waals surface area (Å²) < 4.78 is 5.10. The minimum absolute atomic E-state index is 0.0290. The molecule has 2 atom stereocenters. The van der Waals surface area contributed by atoms with Gasteiger partial charge in [0.15, 0.2) is 0 Å². The van der Waals surface area contributed by atoms with Gasteiger partial charge in [-0.3, -0.25) is 4.79 Å². The highest BCUT2D eigenvalue weighted by Gasteiger charge is 2.32. The first kappa shape index (κ1) is 7.58. The quantitative estimate of drug-likeness (QED) is 0.520. The monoisotopic (exact) mass is 142 g/mol. The molecule has 1 aliphatic heterocycles. The summed E-state index contributed by atoms with van der Waals surface area (Å²) in [6.07, 6.45) is 1.07. The minimum Gasteiger partial charge on any atom is -0.462 e. The molecule has 1 aliphatic rings. The van der Waals surface area contributed by atoms with Crippen LogP contribution in [-0.2, 0) is 9.53 Å². The lowest BCUT2D eigenvalue weighted by Gasteiger charge is -2.11. The molecule has 0 saturated carbocycles. The van der Waals surface area contributed by atoms with E-state index in [9.17, 15) is 4.79 Å². The summed E-state index contributed by atoms with van der Waals surface area (Å²) in [5, 5.41) is 0. The maximum absolute atomic E-state index is 10.9. The van der Waals surface area contributed by atoms with Crippen LogP contribution in [0.25, 0.3) is 0 Å². The van der Waals surface area contributed by atoms with Gasteiger partial charge in [-0.15, -0.1) is 0 Å². The molecule has 0 spiro atoms. The molecule has 0 aromatic carbocycles. The van der Waals surface area contributed by atoms with Crippen LogP contribution in [0.5, 0.6) is 0 Å². The zero-order valence-electron chi connectivity index (χ0n) is 6.76. The molecular formula is C8H14O2. The van der Waals surface area contributed by atoms with Crippen LogP contribution in [0.2, 0.25) is 0 Å². The summed E-state index contributed by atoms with van der Waals surface area (Å²) in [5.41, 5.74) is 0. The van der Waals surface area contributed by atoms with Crippen molar-refractivity contribution in [1.82, 2.24) is 0 Å². The Kier molecular flexibility index (Phi) is 1.97. The lowest BCUT2D eigenvalue weighted by atomic mass is 10.00. The van der Waals surface area contributed by atoms with Crippen molar-refractivity contribution in [3.63, 3.8) is 0 Å². The highest BCUT2D eigenvalue weighted by Crippen LogP contribution is 2.25. The van der Waals surface area contributed by atoms with E-state index in [1.807, 2.05) is 6.92 Å². The molecular weight excluding hydrogens is 128 g/mol. The summed E-state index contributed by atoms with van der Waals surface area (Å²) in [5.74, 6) is 0.556. The molecule has 10 heavy (non-hydrogen) atoms. The molecule has 0 aromatic heterocycles. The predicted molar refractivity (Wildman–Crippen MR) is 38.5 cm³/mol. The normalized spacial score (nSPS) is 33.0. The minimum atomic E-state index is -0.0290. The smallest absolute Gasteiger partial charge is 0.309 e. The second-order valence-electron chi connectivity index (χ2n) is 3.36. The van der Waals surface area contributed by atoms with Crippen molar-refractivity contribution in [3.8, 4) is 0 Å². The SMILES string of the molecule is CC(C)[C@@H]1C[C@H](C)C(=O)O1. The van der Waals surface area contributed by atoms with E-state index < -0.39 is 0 Å². The lowest BCUT2D eigenvalue weighted by molar-refractivity contribution is -0.145. The Balaban J connectivity index is 2.49. The molecule has 0 amide bonds. The molecule has 1 heterocycles. The fourth-order valence-electron chi connectivity index (χ4n) is 1.17. The van der Waals surface area contributed by atoms with Gasteiger partial charge in [-0.05, 0) is 12.3 Å². The Morgan fingerprint density at radius 1 is 1.60 bits per heavy atom.